The highest BCUT2D eigenvalue weighted by atomic mass is 16.5. The van der Waals surface area contributed by atoms with Gasteiger partial charge in [-0.15, -0.1) is 0 Å². The minimum atomic E-state index is -0.599. The first-order valence-electron chi connectivity index (χ1n) is 7.33. The molecule has 0 aliphatic heterocycles. The largest absolute Gasteiger partial charge is 0.497 e. The molecule has 0 spiro atoms. The lowest BCUT2D eigenvalue weighted by atomic mass is 10.1. The van der Waals surface area contributed by atoms with Crippen molar-refractivity contribution in [2.75, 3.05) is 12.4 Å². The van der Waals surface area contributed by atoms with Crippen LogP contribution in [0.4, 0.5) is 5.69 Å². The molecule has 1 atom stereocenters. The highest BCUT2D eigenvalue weighted by Crippen LogP contribution is 2.20. The molecule has 22 heavy (non-hydrogen) atoms. The van der Waals surface area contributed by atoms with Gasteiger partial charge in [0.1, 0.15) is 11.5 Å². The monoisotopic (exact) mass is 299 g/mol. The van der Waals surface area contributed by atoms with Gasteiger partial charge in [-0.05, 0) is 43.2 Å². The Balaban J connectivity index is 1.96. The van der Waals surface area contributed by atoms with E-state index in [1.165, 1.54) is 5.56 Å². The summed E-state index contributed by atoms with van der Waals surface area (Å²) in [7, 11) is 1.59. The first kappa shape index (κ1) is 15.9. The first-order chi connectivity index (χ1) is 10.6. The maximum Gasteiger partial charge on any atom is 0.265 e. The molecule has 0 heterocycles. The van der Waals surface area contributed by atoms with Gasteiger partial charge < -0.3 is 14.8 Å². The molecular weight excluding hydrogens is 278 g/mol. The molecule has 0 aliphatic carbocycles. The standard InChI is InChI=1S/C18H21NO3/c1-4-14-8-10-15(11-9-14)19-18(20)13(2)22-17-7-5-6-16(12-17)21-3/h5-13H,4H2,1-3H3,(H,19,20). The second-order valence-corrected chi connectivity index (χ2v) is 4.98. The molecular formula is C18H21NO3. The lowest BCUT2D eigenvalue weighted by Crippen LogP contribution is -2.30. The summed E-state index contributed by atoms with van der Waals surface area (Å²) >= 11 is 0. The zero-order valence-electron chi connectivity index (χ0n) is 13.1. The number of amides is 1. The Hall–Kier alpha value is -2.49. The number of hydrogen-bond donors (Lipinski definition) is 1. The molecule has 1 amide bonds. The number of hydrogen-bond acceptors (Lipinski definition) is 3. The highest BCUT2D eigenvalue weighted by molar-refractivity contribution is 5.94. The van der Waals surface area contributed by atoms with Crippen LogP contribution in [0.1, 0.15) is 19.4 Å². The van der Waals surface area contributed by atoms with Crippen LogP contribution in [-0.2, 0) is 11.2 Å². The number of ether oxygens (including phenoxy) is 2. The van der Waals surface area contributed by atoms with Crippen LogP contribution in [-0.4, -0.2) is 19.1 Å². The number of carbonyl (C=O) groups excluding carboxylic acids is 1. The fraction of sp³-hybridized carbons (Fsp3) is 0.278. The fourth-order valence-electron chi connectivity index (χ4n) is 2.00. The van der Waals surface area contributed by atoms with Gasteiger partial charge in [-0.1, -0.05) is 25.1 Å². The highest BCUT2D eigenvalue weighted by Gasteiger charge is 2.15. The predicted molar refractivity (Wildman–Crippen MR) is 87.5 cm³/mol. The van der Waals surface area contributed by atoms with Crippen LogP contribution in [0.5, 0.6) is 11.5 Å². The van der Waals surface area contributed by atoms with E-state index in [0.29, 0.717) is 11.5 Å². The van der Waals surface area contributed by atoms with Gasteiger partial charge >= 0.3 is 0 Å². The van der Waals surface area contributed by atoms with Gasteiger partial charge in [0.05, 0.1) is 7.11 Å². The molecule has 1 unspecified atom stereocenters. The maximum atomic E-state index is 12.2. The van der Waals surface area contributed by atoms with Crippen LogP contribution in [0.25, 0.3) is 0 Å². The Morgan fingerprint density at radius 1 is 1.14 bits per heavy atom. The summed E-state index contributed by atoms with van der Waals surface area (Å²) in [4.78, 5) is 12.2. The quantitative estimate of drug-likeness (QED) is 0.885. The van der Waals surface area contributed by atoms with E-state index < -0.39 is 6.10 Å². The summed E-state index contributed by atoms with van der Waals surface area (Å²) in [5, 5.41) is 2.85. The van der Waals surface area contributed by atoms with E-state index in [9.17, 15) is 4.79 Å². The summed E-state index contributed by atoms with van der Waals surface area (Å²) in [5.74, 6) is 1.11. The lowest BCUT2D eigenvalue weighted by molar-refractivity contribution is -0.122. The number of nitrogens with one attached hydrogen (secondary N) is 1. The Bertz CT molecular complexity index is 622. The third-order valence-corrected chi connectivity index (χ3v) is 3.35. The number of methoxy groups -OCH3 is 1. The van der Waals surface area contributed by atoms with Crippen molar-refractivity contribution in [1.82, 2.24) is 0 Å². The van der Waals surface area contributed by atoms with E-state index >= 15 is 0 Å². The number of rotatable bonds is 6. The molecule has 0 saturated heterocycles. The topological polar surface area (TPSA) is 47.6 Å². The molecule has 0 fully saturated rings. The summed E-state index contributed by atoms with van der Waals surface area (Å²) in [5.41, 5.74) is 2.00. The van der Waals surface area contributed by atoms with Gasteiger partial charge in [0.15, 0.2) is 6.10 Å². The molecule has 4 heteroatoms. The smallest absolute Gasteiger partial charge is 0.265 e. The van der Waals surface area contributed by atoms with E-state index in [4.69, 9.17) is 9.47 Å². The second kappa shape index (κ2) is 7.50. The Morgan fingerprint density at radius 2 is 1.82 bits per heavy atom. The van der Waals surface area contributed by atoms with E-state index in [0.717, 1.165) is 12.1 Å². The van der Waals surface area contributed by atoms with Crippen molar-refractivity contribution in [3.05, 3.63) is 54.1 Å². The van der Waals surface area contributed by atoms with Gasteiger partial charge in [0, 0.05) is 11.8 Å². The van der Waals surface area contributed by atoms with Crippen molar-refractivity contribution in [2.24, 2.45) is 0 Å². The molecule has 0 radical (unpaired) electrons. The number of carbonyl (C=O) groups is 1. The molecule has 4 nitrogen and oxygen atoms in total. The van der Waals surface area contributed by atoms with E-state index in [2.05, 4.69) is 12.2 Å². The van der Waals surface area contributed by atoms with Crippen molar-refractivity contribution < 1.29 is 14.3 Å². The van der Waals surface area contributed by atoms with Crippen LogP contribution in [0, 0.1) is 0 Å². The average molecular weight is 299 g/mol. The summed E-state index contributed by atoms with van der Waals surface area (Å²) < 4.78 is 10.8. The third kappa shape index (κ3) is 4.25. The van der Waals surface area contributed by atoms with E-state index in [1.807, 2.05) is 36.4 Å². The second-order valence-electron chi connectivity index (χ2n) is 4.98. The Labute approximate surface area is 131 Å². The molecule has 2 rings (SSSR count). The van der Waals surface area contributed by atoms with Crippen LogP contribution >= 0.6 is 0 Å². The molecule has 0 aliphatic rings. The van der Waals surface area contributed by atoms with Gasteiger partial charge in [-0.3, -0.25) is 4.79 Å². The van der Waals surface area contributed by atoms with Crippen molar-refractivity contribution in [1.29, 1.82) is 0 Å². The minimum absolute atomic E-state index is 0.188. The van der Waals surface area contributed by atoms with Crippen LogP contribution in [0.3, 0.4) is 0 Å². The normalized spacial score (nSPS) is 11.6. The molecule has 1 N–H and O–H groups in total. The van der Waals surface area contributed by atoms with Crippen molar-refractivity contribution >= 4 is 11.6 Å². The fourth-order valence-corrected chi connectivity index (χ4v) is 2.00. The lowest BCUT2D eigenvalue weighted by Gasteiger charge is -2.15. The zero-order valence-corrected chi connectivity index (χ0v) is 13.1. The van der Waals surface area contributed by atoms with Crippen molar-refractivity contribution in [2.45, 2.75) is 26.4 Å². The molecule has 0 saturated carbocycles. The van der Waals surface area contributed by atoms with E-state index in [-0.39, 0.29) is 5.91 Å². The summed E-state index contributed by atoms with van der Waals surface area (Å²) in [6, 6.07) is 15.0. The first-order valence-corrected chi connectivity index (χ1v) is 7.33. The minimum Gasteiger partial charge on any atom is -0.497 e. The maximum absolute atomic E-state index is 12.2. The summed E-state index contributed by atoms with van der Waals surface area (Å²) in [6.07, 6.45) is 0.377. The van der Waals surface area contributed by atoms with Crippen LogP contribution in [0.15, 0.2) is 48.5 Å². The molecule has 2 aromatic rings. The zero-order chi connectivity index (χ0) is 15.9. The van der Waals surface area contributed by atoms with Crippen LogP contribution < -0.4 is 14.8 Å². The molecule has 0 aromatic heterocycles. The molecule has 0 bridgehead atoms. The van der Waals surface area contributed by atoms with E-state index in [1.54, 1.807) is 26.2 Å². The number of anilines is 1. The summed E-state index contributed by atoms with van der Waals surface area (Å²) in [6.45, 7) is 3.81. The van der Waals surface area contributed by atoms with Crippen molar-refractivity contribution in [3.8, 4) is 11.5 Å². The van der Waals surface area contributed by atoms with Crippen molar-refractivity contribution in [3.63, 3.8) is 0 Å². The number of aryl methyl sites for hydroxylation is 1. The SMILES string of the molecule is CCc1ccc(NC(=O)C(C)Oc2cccc(OC)c2)cc1. The predicted octanol–water partition coefficient (Wildman–Crippen LogP) is 3.66. The Kier molecular flexibility index (Phi) is 5.42. The molecule has 116 valence electrons. The average Bonchev–Trinajstić information content (AvgIpc) is 2.55. The molecule has 2 aromatic carbocycles. The van der Waals surface area contributed by atoms with Gasteiger partial charge in [0.2, 0.25) is 0 Å². The Morgan fingerprint density at radius 3 is 2.45 bits per heavy atom. The van der Waals surface area contributed by atoms with Crippen LogP contribution in [0.2, 0.25) is 0 Å². The van der Waals surface area contributed by atoms with Gasteiger partial charge in [-0.2, -0.15) is 0 Å². The van der Waals surface area contributed by atoms with Gasteiger partial charge in [0.25, 0.3) is 5.91 Å². The third-order valence-electron chi connectivity index (χ3n) is 3.35. The van der Waals surface area contributed by atoms with Gasteiger partial charge in [-0.25, -0.2) is 0 Å². The number of benzene rings is 2.